The maximum absolute atomic E-state index is 12.1. The number of amides is 1. The van der Waals surface area contributed by atoms with Crippen LogP contribution in [0.2, 0.25) is 5.02 Å². The van der Waals surface area contributed by atoms with Crippen molar-refractivity contribution in [2.45, 2.75) is 19.9 Å². The van der Waals surface area contributed by atoms with Gasteiger partial charge in [0, 0.05) is 5.02 Å². The molecule has 1 amide bonds. The molecule has 0 aliphatic carbocycles. The first-order valence-corrected chi connectivity index (χ1v) is 7.34. The molecule has 104 valence electrons. The quantitative estimate of drug-likeness (QED) is 0.865. The monoisotopic (exact) mass is 307 g/mol. The molecule has 0 spiro atoms. The third-order valence-electron chi connectivity index (χ3n) is 2.87. The van der Waals surface area contributed by atoms with Crippen molar-refractivity contribution in [2.24, 2.45) is 0 Å². The van der Waals surface area contributed by atoms with E-state index in [1.54, 1.807) is 18.2 Å². The van der Waals surface area contributed by atoms with Gasteiger partial charge in [-0.2, -0.15) is 0 Å². The second-order valence-electron chi connectivity index (χ2n) is 4.47. The van der Waals surface area contributed by atoms with Crippen molar-refractivity contribution in [1.82, 2.24) is 5.32 Å². The van der Waals surface area contributed by atoms with Crippen molar-refractivity contribution in [2.75, 3.05) is 0 Å². The molecule has 20 heavy (non-hydrogen) atoms. The van der Waals surface area contributed by atoms with Crippen LogP contribution in [0, 0.1) is 0 Å². The van der Waals surface area contributed by atoms with Gasteiger partial charge in [-0.05, 0) is 43.7 Å². The SMILES string of the molecule is CC(=O)c1ccc(C(=O)N[C@@H](C)c2cccc(Cl)c2)s1. The van der Waals surface area contributed by atoms with Crippen molar-refractivity contribution >= 4 is 34.6 Å². The smallest absolute Gasteiger partial charge is 0.261 e. The van der Waals surface area contributed by atoms with Gasteiger partial charge < -0.3 is 5.32 Å². The summed E-state index contributed by atoms with van der Waals surface area (Å²) < 4.78 is 0. The van der Waals surface area contributed by atoms with E-state index >= 15 is 0 Å². The summed E-state index contributed by atoms with van der Waals surface area (Å²) in [4.78, 5) is 24.5. The van der Waals surface area contributed by atoms with Crippen LogP contribution in [0.25, 0.3) is 0 Å². The number of ketones is 1. The summed E-state index contributed by atoms with van der Waals surface area (Å²) in [5.41, 5.74) is 0.939. The Morgan fingerprint density at radius 3 is 2.50 bits per heavy atom. The lowest BCUT2D eigenvalue weighted by Gasteiger charge is -2.13. The van der Waals surface area contributed by atoms with Gasteiger partial charge in [0.25, 0.3) is 5.91 Å². The zero-order valence-corrected chi connectivity index (χ0v) is 12.7. The zero-order valence-electron chi connectivity index (χ0n) is 11.1. The molecule has 0 aliphatic rings. The minimum Gasteiger partial charge on any atom is -0.345 e. The summed E-state index contributed by atoms with van der Waals surface area (Å²) in [5.74, 6) is -0.216. The van der Waals surface area contributed by atoms with Gasteiger partial charge in [0.1, 0.15) is 0 Å². The number of Topliss-reactive ketones (excluding diaryl/α,β-unsaturated/α-hetero) is 1. The fourth-order valence-corrected chi connectivity index (χ4v) is 2.78. The number of hydrogen-bond donors (Lipinski definition) is 1. The number of carbonyl (C=O) groups excluding carboxylic acids is 2. The normalized spacial score (nSPS) is 11.9. The van der Waals surface area contributed by atoms with Crippen LogP contribution in [0.1, 0.15) is 44.8 Å². The lowest BCUT2D eigenvalue weighted by Crippen LogP contribution is -2.25. The molecule has 0 fully saturated rings. The molecule has 1 atom stereocenters. The van der Waals surface area contributed by atoms with Crippen molar-refractivity contribution in [1.29, 1.82) is 0 Å². The number of hydrogen-bond acceptors (Lipinski definition) is 3. The number of nitrogens with one attached hydrogen (secondary N) is 1. The van der Waals surface area contributed by atoms with E-state index in [0.29, 0.717) is 14.8 Å². The van der Waals surface area contributed by atoms with Gasteiger partial charge in [0.2, 0.25) is 0 Å². The summed E-state index contributed by atoms with van der Waals surface area (Å²) in [6.45, 7) is 3.38. The lowest BCUT2D eigenvalue weighted by atomic mass is 10.1. The third kappa shape index (κ3) is 3.46. The lowest BCUT2D eigenvalue weighted by molar-refractivity contribution is 0.0943. The van der Waals surface area contributed by atoms with Crippen LogP contribution in [-0.4, -0.2) is 11.7 Å². The molecular formula is C15H14ClNO2S. The number of rotatable bonds is 4. The molecule has 0 unspecified atom stereocenters. The van der Waals surface area contributed by atoms with Crippen molar-refractivity contribution < 1.29 is 9.59 Å². The van der Waals surface area contributed by atoms with Gasteiger partial charge in [-0.3, -0.25) is 9.59 Å². The maximum Gasteiger partial charge on any atom is 0.261 e. The fourth-order valence-electron chi connectivity index (χ4n) is 1.78. The zero-order chi connectivity index (χ0) is 14.7. The van der Waals surface area contributed by atoms with E-state index in [0.717, 1.165) is 5.56 Å². The average molecular weight is 308 g/mol. The van der Waals surface area contributed by atoms with Crippen molar-refractivity contribution in [3.05, 3.63) is 56.7 Å². The molecule has 2 rings (SSSR count). The van der Waals surface area contributed by atoms with Gasteiger partial charge in [0.15, 0.2) is 5.78 Å². The second kappa shape index (κ2) is 6.20. The summed E-state index contributed by atoms with van der Waals surface area (Å²) >= 11 is 7.13. The first kappa shape index (κ1) is 14.8. The van der Waals surface area contributed by atoms with E-state index in [2.05, 4.69) is 5.32 Å². The highest BCUT2D eigenvalue weighted by molar-refractivity contribution is 7.15. The van der Waals surface area contributed by atoms with Gasteiger partial charge in [-0.1, -0.05) is 23.7 Å². The van der Waals surface area contributed by atoms with Gasteiger partial charge in [-0.15, -0.1) is 11.3 Å². The van der Waals surface area contributed by atoms with E-state index in [4.69, 9.17) is 11.6 Å². The van der Waals surface area contributed by atoms with Crippen LogP contribution in [0.4, 0.5) is 0 Å². The van der Waals surface area contributed by atoms with Crippen LogP contribution in [0.5, 0.6) is 0 Å². The molecular weight excluding hydrogens is 294 g/mol. The number of benzene rings is 1. The minimum atomic E-state index is -0.185. The predicted molar refractivity (Wildman–Crippen MR) is 81.7 cm³/mol. The van der Waals surface area contributed by atoms with Crippen LogP contribution in [0.15, 0.2) is 36.4 Å². The molecule has 0 saturated carbocycles. The second-order valence-corrected chi connectivity index (χ2v) is 5.99. The molecule has 0 radical (unpaired) electrons. The van der Waals surface area contributed by atoms with Crippen LogP contribution < -0.4 is 5.32 Å². The summed E-state index contributed by atoms with van der Waals surface area (Å²) in [5, 5.41) is 3.53. The highest BCUT2D eigenvalue weighted by Crippen LogP contribution is 2.20. The Morgan fingerprint density at radius 2 is 1.90 bits per heavy atom. The highest BCUT2D eigenvalue weighted by Gasteiger charge is 2.14. The minimum absolute atomic E-state index is 0.0306. The van der Waals surface area contributed by atoms with Gasteiger partial charge in [-0.25, -0.2) is 0 Å². The van der Waals surface area contributed by atoms with Crippen LogP contribution >= 0.6 is 22.9 Å². The molecule has 3 nitrogen and oxygen atoms in total. The summed E-state index contributed by atoms with van der Waals surface area (Å²) in [6, 6.07) is 10.6. The molecule has 1 N–H and O–H groups in total. The fraction of sp³-hybridized carbons (Fsp3) is 0.200. The molecule has 0 bridgehead atoms. The van der Waals surface area contributed by atoms with E-state index in [1.807, 2.05) is 25.1 Å². The van der Waals surface area contributed by atoms with Crippen molar-refractivity contribution in [3.63, 3.8) is 0 Å². The number of carbonyl (C=O) groups is 2. The van der Waals surface area contributed by atoms with Crippen LogP contribution in [0.3, 0.4) is 0 Å². The Hall–Kier alpha value is -1.65. The number of thiophene rings is 1. The highest BCUT2D eigenvalue weighted by atomic mass is 35.5. The van der Waals surface area contributed by atoms with Crippen LogP contribution in [-0.2, 0) is 0 Å². The Balaban J connectivity index is 2.08. The summed E-state index contributed by atoms with van der Waals surface area (Å²) in [7, 11) is 0. The Bertz CT molecular complexity index is 651. The van der Waals surface area contributed by atoms with Gasteiger partial charge in [0.05, 0.1) is 15.8 Å². The van der Waals surface area contributed by atoms with Gasteiger partial charge >= 0.3 is 0 Å². The third-order valence-corrected chi connectivity index (χ3v) is 4.29. The van der Waals surface area contributed by atoms with E-state index < -0.39 is 0 Å². The molecule has 1 aromatic carbocycles. The Labute approximate surface area is 126 Å². The Kier molecular flexibility index (Phi) is 4.57. The van der Waals surface area contributed by atoms with E-state index in [9.17, 15) is 9.59 Å². The Morgan fingerprint density at radius 1 is 1.20 bits per heavy atom. The average Bonchev–Trinajstić information content (AvgIpc) is 2.88. The molecule has 0 aliphatic heterocycles. The standard InChI is InChI=1S/C15H14ClNO2S/c1-9(11-4-3-5-12(16)8-11)17-15(19)14-7-6-13(20-14)10(2)18/h3-9H,1-2H3,(H,17,19)/t9-/m0/s1. The molecule has 1 heterocycles. The first-order chi connectivity index (χ1) is 9.47. The molecule has 5 heteroatoms. The van der Waals surface area contributed by atoms with Crippen molar-refractivity contribution in [3.8, 4) is 0 Å². The predicted octanol–water partition coefficient (Wildman–Crippen LogP) is 4.10. The van der Waals surface area contributed by atoms with E-state index in [1.165, 1.54) is 18.3 Å². The summed E-state index contributed by atoms with van der Waals surface area (Å²) in [6.07, 6.45) is 0. The molecule has 0 saturated heterocycles. The largest absolute Gasteiger partial charge is 0.345 e. The molecule has 1 aromatic heterocycles. The topological polar surface area (TPSA) is 46.2 Å². The maximum atomic E-state index is 12.1. The van der Waals surface area contributed by atoms with E-state index in [-0.39, 0.29) is 17.7 Å². The first-order valence-electron chi connectivity index (χ1n) is 6.14. The number of halogens is 1. The molecule has 2 aromatic rings.